The fraction of sp³-hybridized carbons (Fsp3) is 0.235. The van der Waals surface area contributed by atoms with E-state index in [2.05, 4.69) is 20.3 Å². The minimum Gasteiger partial charge on any atom is -0.302 e. The molecule has 0 radical (unpaired) electrons. The van der Waals surface area contributed by atoms with Crippen molar-refractivity contribution in [2.24, 2.45) is 5.92 Å². The van der Waals surface area contributed by atoms with Gasteiger partial charge in [0.05, 0.1) is 11.6 Å². The summed E-state index contributed by atoms with van der Waals surface area (Å²) in [4.78, 5) is 37.7. The molecule has 0 fully saturated rings. The van der Waals surface area contributed by atoms with E-state index in [0.717, 1.165) is 11.3 Å². The number of rotatable bonds is 3. The molecular formula is C17H15N5O2S2. The molecule has 1 N–H and O–H groups in total. The van der Waals surface area contributed by atoms with E-state index in [1.807, 2.05) is 17.5 Å². The maximum absolute atomic E-state index is 12.6. The number of hydrogen-bond acceptors (Lipinski definition) is 7. The van der Waals surface area contributed by atoms with Gasteiger partial charge in [-0.25, -0.2) is 9.97 Å². The highest BCUT2D eigenvalue weighted by atomic mass is 32.2. The number of fused-ring (bicyclic) bond motifs is 1. The van der Waals surface area contributed by atoms with Crippen LogP contribution in [0.3, 0.4) is 0 Å². The van der Waals surface area contributed by atoms with Crippen LogP contribution in [0.2, 0.25) is 0 Å². The predicted octanol–water partition coefficient (Wildman–Crippen LogP) is 2.43. The summed E-state index contributed by atoms with van der Waals surface area (Å²) in [7, 11) is 0. The molecule has 0 aromatic carbocycles. The van der Waals surface area contributed by atoms with Crippen molar-refractivity contribution in [1.29, 1.82) is 0 Å². The molecular weight excluding hydrogens is 370 g/mol. The van der Waals surface area contributed by atoms with Crippen molar-refractivity contribution < 1.29 is 4.79 Å². The first-order valence-corrected chi connectivity index (χ1v) is 9.84. The SMILES string of the molecule is Cc1cnc2n(c1=O)CC(C(=O)Nc1nc(-c3cccnc3)cs1)CS2. The number of anilines is 1. The van der Waals surface area contributed by atoms with Gasteiger partial charge in [0.1, 0.15) is 0 Å². The second-order valence-electron chi connectivity index (χ2n) is 5.92. The number of thioether (sulfide) groups is 1. The Morgan fingerprint density at radius 2 is 2.27 bits per heavy atom. The standard InChI is InChI=1S/C17H15N5O2S2/c1-10-5-19-17-22(15(10)24)7-12(8-26-17)14(23)21-16-20-13(9-25-16)11-3-2-4-18-6-11/h2-6,9,12H,7-8H2,1H3,(H,20,21,23). The zero-order chi connectivity index (χ0) is 18.1. The molecule has 1 unspecified atom stereocenters. The summed E-state index contributed by atoms with van der Waals surface area (Å²) in [6.45, 7) is 2.06. The summed E-state index contributed by atoms with van der Waals surface area (Å²) in [5.41, 5.74) is 2.17. The second kappa shape index (κ2) is 7.00. The largest absolute Gasteiger partial charge is 0.302 e. The van der Waals surface area contributed by atoms with E-state index in [9.17, 15) is 9.59 Å². The van der Waals surface area contributed by atoms with Gasteiger partial charge in [-0.1, -0.05) is 11.8 Å². The van der Waals surface area contributed by atoms with Gasteiger partial charge in [-0.15, -0.1) is 11.3 Å². The van der Waals surface area contributed by atoms with Crippen LogP contribution in [0, 0.1) is 12.8 Å². The minimum atomic E-state index is -0.306. The van der Waals surface area contributed by atoms with Crippen molar-refractivity contribution >= 4 is 34.1 Å². The maximum Gasteiger partial charge on any atom is 0.257 e. The van der Waals surface area contributed by atoms with Crippen LogP contribution in [0.5, 0.6) is 0 Å². The maximum atomic E-state index is 12.6. The van der Waals surface area contributed by atoms with Crippen LogP contribution in [0.1, 0.15) is 5.56 Å². The molecule has 3 aromatic heterocycles. The van der Waals surface area contributed by atoms with Crippen LogP contribution in [0.15, 0.2) is 46.1 Å². The molecule has 0 spiro atoms. The third-order valence-electron chi connectivity index (χ3n) is 4.06. The summed E-state index contributed by atoms with van der Waals surface area (Å²) in [6.07, 6.45) is 5.02. The molecule has 4 heterocycles. The van der Waals surface area contributed by atoms with Gasteiger partial charge in [0.15, 0.2) is 10.3 Å². The number of pyridine rings is 1. The molecule has 1 atom stereocenters. The average Bonchev–Trinajstić information content (AvgIpc) is 3.14. The fourth-order valence-electron chi connectivity index (χ4n) is 2.65. The number of carbonyl (C=O) groups is 1. The first-order chi connectivity index (χ1) is 12.6. The topological polar surface area (TPSA) is 89.8 Å². The summed E-state index contributed by atoms with van der Waals surface area (Å²) >= 11 is 2.80. The second-order valence-corrected chi connectivity index (χ2v) is 7.76. The first kappa shape index (κ1) is 16.9. The zero-order valence-corrected chi connectivity index (χ0v) is 15.5. The summed E-state index contributed by atoms with van der Waals surface area (Å²) in [5, 5.41) is 5.96. The Morgan fingerprint density at radius 3 is 3.08 bits per heavy atom. The monoisotopic (exact) mass is 385 g/mol. The smallest absolute Gasteiger partial charge is 0.257 e. The molecule has 1 amide bonds. The lowest BCUT2D eigenvalue weighted by atomic mass is 10.1. The third-order valence-corrected chi connectivity index (χ3v) is 5.97. The zero-order valence-electron chi connectivity index (χ0n) is 13.9. The molecule has 0 bridgehead atoms. The molecule has 9 heteroatoms. The Kier molecular flexibility index (Phi) is 4.56. The van der Waals surface area contributed by atoms with Crippen LogP contribution in [-0.4, -0.2) is 31.2 Å². The van der Waals surface area contributed by atoms with Crippen LogP contribution < -0.4 is 10.9 Å². The van der Waals surface area contributed by atoms with Gasteiger partial charge in [-0.3, -0.25) is 19.1 Å². The minimum absolute atomic E-state index is 0.0897. The molecule has 26 heavy (non-hydrogen) atoms. The van der Waals surface area contributed by atoms with Gasteiger partial charge >= 0.3 is 0 Å². The molecule has 7 nitrogen and oxygen atoms in total. The van der Waals surface area contributed by atoms with Crippen LogP contribution in [0.25, 0.3) is 11.3 Å². The third kappa shape index (κ3) is 3.27. The number of aromatic nitrogens is 4. The Morgan fingerprint density at radius 1 is 1.38 bits per heavy atom. The summed E-state index contributed by atoms with van der Waals surface area (Å²) < 4.78 is 1.58. The first-order valence-electron chi connectivity index (χ1n) is 7.98. The van der Waals surface area contributed by atoms with Crippen molar-refractivity contribution in [3.05, 3.63) is 52.0 Å². The number of nitrogens with zero attached hydrogens (tertiary/aromatic N) is 4. The molecule has 0 saturated carbocycles. The van der Waals surface area contributed by atoms with Crippen molar-refractivity contribution in [1.82, 2.24) is 19.5 Å². The number of amides is 1. The Labute approximate surface area is 157 Å². The fourth-order valence-corrected chi connectivity index (χ4v) is 4.42. The quantitative estimate of drug-likeness (QED) is 0.697. The average molecular weight is 385 g/mol. The van der Waals surface area contributed by atoms with Gasteiger partial charge in [0, 0.05) is 47.4 Å². The van der Waals surface area contributed by atoms with E-state index in [4.69, 9.17) is 0 Å². The lowest BCUT2D eigenvalue weighted by Gasteiger charge is -2.23. The van der Waals surface area contributed by atoms with Gasteiger partial charge in [-0.05, 0) is 19.1 Å². The van der Waals surface area contributed by atoms with E-state index in [1.54, 1.807) is 30.1 Å². The molecule has 1 aliphatic rings. The van der Waals surface area contributed by atoms with Crippen LogP contribution in [-0.2, 0) is 11.3 Å². The van der Waals surface area contributed by atoms with Crippen molar-refractivity contribution in [3.8, 4) is 11.3 Å². The van der Waals surface area contributed by atoms with Crippen molar-refractivity contribution in [2.45, 2.75) is 18.6 Å². The van der Waals surface area contributed by atoms with Gasteiger partial charge in [0.2, 0.25) is 5.91 Å². The number of carbonyl (C=O) groups excluding carboxylic acids is 1. The molecule has 1 aliphatic heterocycles. The van der Waals surface area contributed by atoms with E-state index < -0.39 is 0 Å². The van der Waals surface area contributed by atoms with Crippen LogP contribution in [0.4, 0.5) is 5.13 Å². The highest BCUT2D eigenvalue weighted by Crippen LogP contribution is 2.28. The highest BCUT2D eigenvalue weighted by Gasteiger charge is 2.27. The van der Waals surface area contributed by atoms with Gasteiger partial charge in [0.25, 0.3) is 5.56 Å². The van der Waals surface area contributed by atoms with Crippen molar-refractivity contribution in [3.63, 3.8) is 0 Å². The number of nitrogens with one attached hydrogen (secondary N) is 1. The highest BCUT2D eigenvalue weighted by molar-refractivity contribution is 7.99. The lowest BCUT2D eigenvalue weighted by Crippen LogP contribution is -2.37. The van der Waals surface area contributed by atoms with Gasteiger partial charge in [-0.2, -0.15) is 0 Å². The number of thiazole rings is 1. The number of aryl methyl sites for hydroxylation is 1. The molecule has 4 rings (SSSR count). The summed E-state index contributed by atoms with van der Waals surface area (Å²) in [6, 6.07) is 3.77. The Balaban J connectivity index is 1.49. The predicted molar refractivity (Wildman–Crippen MR) is 101 cm³/mol. The van der Waals surface area contributed by atoms with Gasteiger partial charge < -0.3 is 5.32 Å². The summed E-state index contributed by atoms with van der Waals surface area (Å²) in [5.74, 6) is 0.144. The molecule has 0 saturated heterocycles. The van der Waals surface area contributed by atoms with Crippen LogP contribution >= 0.6 is 23.1 Å². The van der Waals surface area contributed by atoms with Crippen molar-refractivity contribution in [2.75, 3.05) is 11.1 Å². The van der Waals surface area contributed by atoms with E-state index in [1.165, 1.54) is 23.1 Å². The number of hydrogen-bond donors (Lipinski definition) is 1. The normalized spacial score (nSPS) is 16.1. The Bertz CT molecular complexity index is 1020. The van der Waals surface area contributed by atoms with E-state index in [-0.39, 0.29) is 17.4 Å². The lowest BCUT2D eigenvalue weighted by molar-refractivity contribution is -0.119. The van der Waals surface area contributed by atoms with E-state index in [0.29, 0.717) is 28.1 Å². The molecule has 3 aromatic rings. The molecule has 132 valence electrons. The van der Waals surface area contributed by atoms with E-state index >= 15 is 0 Å². The molecule has 0 aliphatic carbocycles. The Hall–Kier alpha value is -2.52.